The van der Waals surface area contributed by atoms with Gasteiger partial charge in [-0.15, -0.1) is 0 Å². The molecule has 0 aromatic heterocycles. The fourth-order valence-corrected chi connectivity index (χ4v) is 1.20. The van der Waals surface area contributed by atoms with E-state index in [9.17, 15) is 9.18 Å². The second kappa shape index (κ2) is 6.38. The Morgan fingerprint density at radius 3 is 2.50 bits per heavy atom. The Morgan fingerprint density at radius 1 is 1.31 bits per heavy atom. The quantitative estimate of drug-likeness (QED) is 0.548. The lowest BCUT2D eigenvalue weighted by Gasteiger charge is -2.05. The highest BCUT2D eigenvalue weighted by atomic mass is 19.1. The van der Waals surface area contributed by atoms with Crippen LogP contribution in [0.1, 0.15) is 30.6 Å². The highest BCUT2D eigenvalue weighted by Gasteiger charge is 2.05. The number of carbonyl (C=O) groups excluding carboxylic acids is 1. The maximum absolute atomic E-state index is 12.6. The van der Waals surface area contributed by atoms with E-state index < -0.39 is 0 Å². The second-order valence-electron chi connectivity index (χ2n) is 4.17. The van der Waals surface area contributed by atoms with Crippen LogP contribution >= 0.6 is 0 Å². The summed E-state index contributed by atoms with van der Waals surface area (Å²) in [7, 11) is 0. The molecule has 0 saturated carbocycles. The molecule has 0 atom stereocenters. The van der Waals surface area contributed by atoms with Gasteiger partial charge in [-0.2, -0.15) is 0 Å². The van der Waals surface area contributed by atoms with Crippen LogP contribution in [0.15, 0.2) is 24.3 Å². The summed E-state index contributed by atoms with van der Waals surface area (Å²) in [4.78, 5) is 11.6. The zero-order chi connectivity index (χ0) is 12.0. The standard InChI is InChI=1S/C13H17FO2/c1-10(2)7-8-16-9-13(15)11-3-5-12(14)6-4-11/h3-6,10H,7-9H2,1-2H3. The third-order valence-corrected chi connectivity index (χ3v) is 2.24. The predicted octanol–water partition coefficient (Wildman–Crippen LogP) is 3.07. The van der Waals surface area contributed by atoms with E-state index in [1.54, 1.807) is 0 Å². The molecule has 0 aliphatic rings. The second-order valence-corrected chi connectivity index (χ2v) is 4.17. The minimum atomic E-state index is -0.336. The van der Waals surface area contributed by atoms with E-state index in [2.05, 4.69) is 13.8 Å². The molecule has 3 heteroatoms. The summed E-state index contributed by atoms with van der Waals surface area (Å²) < 4.78 is 17.9. The maximum atomic E-state index is 12.6. The van der Waals surface area contributed by atoms with Crippen molar-refractivity contribution in [2.75, 3.05) is 13.2 Å². The number of hydrogen-bond acceptors (Lipinski definition) is 2. The fraction of sp³-hybridized carbons (Fsp3) is 0.462. The van der Waals surface area contributed by atoms with Crippen LogP contribution in [0.3, 0.4) is 0 Å². The number of Topliss-reactive ketones (excluding diaryl/α,β-unsaturated/α-hetero) is 1. The number of halogens is 1. The summed E-state index contributed by atoms with van der Waals surface area (Å²) in [6.45, 7) is 4.86. The number of rotatable bonds is 6. The first-order valence-electron chi connectivity index (χ1n) is 5.46. The normalized spacial score (nSPS) is 10.8. The SMILES string of the molecule is CC(C)CCOCC(=O)c1ccc(F)cc1. The van der Waals surface area contributed by atoms with Crippen molar-refractivity contribution in [2.45, 2.75) is 20.3 Å². The van der Waals surface area contributed by atoms with Crippen LogP contribution in [0.25, 0.3) is 0 Å². The lowest BCUT2D eigenvalue weighted by Crippen LogP contribution is -2.10. The molecule has 0 aliphatic heterocycles. The average Bonchev–Trinajstić information content (AvgIpc) is 2.25. The van der Waals surface area contributed by atoms with Crippen molar-refractivity contribution in [3.05, 3.63) is 35.6 Å². The van der Waals surface area contributed by atoms with Gasteiger partial charge in [0.05, 0.1) is 0 Å². The highest BCUT2D eigenvalue weighted by Crippen LogP contribution is 2.05. The number of ether oxygens (including phenoxy) is 1. The molecule has 0 bridgehead atoms. The largest absolute Gasteiger partial charge is 0.373 e. The smallest absolute Gasteiger partial charge is 0.188 e. The van der Waals surface area contributed by atoms with Crippen LogP contribution in [-0.2, 0) is 4.74 Å². The highest BCUT2D eigenvalue weighted by molar-refractivity contribution is 5.96. The van der Waals surface area contributed by atoms with Crippen LogP contribution in [0.4, 0.5) is 4.39 Å². The van der Waals surface area contributed by atoms with Crippen molar-refractivity contribution in [3.63, 3.8) is 0 Å². The Bertz CT molecular complexity index is 330. The van der Waals surface area contributed by atoms with Crippen LogP contribution in [0, 0.1) is 11.7 Å². The van der Waals surface area contributed by atoms with Gasteiger partial charge in [-0.05, 0) is 36.6 Å². The maximum Gasteiger partial charge on any atom is 0.188 e. The van der Waals surface area contributed by atoms with Gasteiger partial charge in [0.1, 0.15) is 12.4 Å². The van der Waals surface area contributed by atoms with E-state index in [0.717, 1.165) is 6.42 Å². The predicted molar refractivity (Wildman–Crippen MR) is 61.0 cm³/mol. The molecule has 1 rings (SSSR count). The van der Waals surface area contributed by atoms with E-state index in [-0.39, 0.29) is 18.2 Å². The minimum absolute atomic E-state index is 0.0678. The van der Waals surface area contributed by atoms with Crippen LogP contribution in [0.2, 0.25) is 0 Å². The summed E-state index contributed by atoms with van der Waals surface area (Å²) in [6.07, 6.45) is 0.941. The first-order chi connectivity index (χ1) is 7.59. The Hall–Kier alpha value is -1.22. The summed E-state index contributed by atoms with van der Waals surface area (Å²) in [5, 5.41) is 0. The molecule has 0 N–H and O–H groups in total. The van der Waals surface area contributed by atoms with Gasteiger partial charge in [0.15, 0.2) is 5.78 Å². The fourth-order valence-electron chi connectivity index (χ4n) is 1.20. The molecule has 0 amide bonds. The number of hydrogen-bond donors (Lipinski definition) is 0. The van der Waals surface area contributed by atoms with E-state index in [4.69, 9.17) is 4.74 Å². The van der Waals surface area contributed by atoms with Crippen LogP contribution in [-0.4, -0.2) is 19.0 Å². The van der Waals surface area contributed by atoms with Gasteiger partial charge in [0.2, 0.25) is 0 Å². The topological polar surface area (TPSA) is 26.3 Å². The van der Waals surface area contributed by atoms with Gasteiger partial charge in [0.25, 0.3) is 0 Å². The Labute approximate surface area is 95.4 Å². The van der Waals surface area contributed by atoms with Gasteiger partial charge < -0.3 is 4.74 Å². The average molecular weight is 224 g/mol. The Morgan fingerprint density at radius 2 is 1.94 bits per heavy atom. The number of ketones is 1. The summed E-state index contributed by atoms with van der Waals surface area (Å²) >= 11 is 0. The zero-order valence-electron chi connectivity index (χ0n) is 9.70. The molecule has 0 saturated heterocycles. The third kappa shape index (κ3) is 4.53. The lowest BCUT2D eigenvalue weighted by molar-refractivity contribution is 0.0739. The molecule has 0 unspecified atom stereocenters. The Balaban J connectivity index is 2.32. The van der Waals surface area contributed by atoms with Crippen LogP contribution in [0.5, 0.6) is 0 Å². The van der Waals surface area contributed by atoms with Crippen molar-refractivity contribution < 1.29 is 13.9 Å². The van der Waals surface area contributed by atoms with Crippen molar-refractivity contribution in [3.8, 4) is 0 Å². The minimum Gasteiger partial charge on any atom is -0.373 e. The summed E-state index contributed by atoms with van der Waals surface area (Å²) in [5.74, 6) is 0.127. The molecule has 16 heavy (non-hydrogen) atoms. The molecule has 0 spiro atoms. The van der Waals surface area contributed by atoms with E-state index >= 15 is 0 Å². The van der Waals surface area contributed by atoms with Crippen LogP contribution < -0.4 is 0 Å². The van der Waals surface area contributed by atoms with Gasteiger partial charge in [-0.3, -0.25) is 4.79 Å². The van der Waals surface area contributed by atoms with Crippen molar-refractivity contribution in [1.29, 1.82) is 0 Å². The van der Waals surface area contributed by atoms with Gasteiger partial charge in [-0.25, -0.2) is 4.39 Å². The molecule has 0 radical (unpaired) electrons. The zero-order valence-corrected chi connectivity index (χ0v) is 9.70. The first kappa shape index (κ1) is 12.8. The van der Waals surface area contributed by atoms with Crippen molar-refractivity contribution in [1.82, 2.24) is 0 Å². The molecular formula is C13H17FO2. The molecule has 88 valence electrons. The molecule has 1 aromatic carbocycles. The van der Waals surface area contributed by atoms with Gasteiger partial charge in [-0.1, -0.05) is 13.8 Å². The number of benzene rings is 1. The van der Waals surface area contributed by atoms with E-state index in [1.165, 1.54) is 24.3 Å². The third-order valence-electron chi connectivity index (χ3n) is 2.24. The number of carbonyl (C=O) groups is 1. The Kier molecular flexibility index (Phi) is 5.12. The van der Waals surface area contributed by atoms with Gasteiger partial charge in [0, 0.05) is 12.2 Å². The van der Waals surface area contributed by atoms with Gasteiger partial charge >= 0.3 is 0 Å². The lowest BCUT2D eigenvalue weighted by atomic mass is 10.1. The monoisotopic (exact) mass is 224 g/mol. The molecule has 2 nitrogen and oxygen atoms in total. The van der Waals surface area contributed by atoms with E-state index in [1.807, 2.05) is 0 Å². The summed E-state index contributed by atoms with van der Waals surface area (Å²) in [5.41, 5.74) is 0.492. The molecular weight excluding hydrogens is 207 g/mol. The van der Waals surface area contributed by atoms with Crippen molar-refractivity contribution in [2.24, 2.45) is 5.92 Å². The molecule has 0 aliphatic carbocycles. The first-order valence-corrected chi connectivity index (χ1v) is 5.46. The van der Waals surface area contributed by atoms with E-state index in [0.29, 0.717) is 18.1 Å². The summed E-state index contributed by atoms with van der Waals surface area (Å²) in [6, 6.07) is 5.51. The molecule has 0 heterocycles. The molecule has 0 fully saturated rings. The van der Waals surface area contributed by atoms with Crippen molar-refractivity contribution >= 4 is 5.78 Å². The molecule has 1 aromatic rings.